The first-order valence-electron chi connectivity index (χ1n) is 6.64. The molecule has 4 N–H and O–H groups in total. The van der Waals surface area contributed by atoms with Gasteiger partial charge in [0.25, 0.3) is 0 Å². The van der Waals surface area contributed by atoms with Gasteiger partial charge in [-0.3, -0.25) is 0 Å². The zero-order chi connectivity index (χ0) is 12.7. The van der Waals surface area contributed by atoms with Crippen molar-refractivity contribution in [2.45, 2.75) is 50.3 Å². The van der Waals surface area contributed by atoms with E-state index in [4.69, 9.17) is 0 Å². The number of hydrogen-bond acceptors (Lipinski definition) is 4. The first-order valence-corrected chi connectivity index (χ1v) is 6.64. The number of hydrogen-bond donors (Lipinski definition) is 4. The number of aliphatic hydroxyl groups is 1. The molecule has 0 aliphatic heterocycles. The van der Waals surface area contributed by atoms with Gasteiger partial charge >= 0.3 is 0 Å². The Morgan fingerprint density at radius 1 is 1.11 bits per heavy atom. The number of aliphatic hydroxyl groups excluding tert-OH is 1. The van der Waals surface area contributed by atoms with Crippen molar-refractivity contribution in [2.75, 3.05) is 0 Å². The molecule has 2 aliphatic carbocycles. The third-order valence-corrected chi connectivity index (χ3v) is 4.26. The summed E-state index contributed by atoms with van der Waals surface area (Å²) in [6, 6.07) is 3.76. The van der Waals surface area contributed by atoms with E-state index < -0.39 is 6.10 Å². The molecule has 1 aromatic rings. The summed E-state index contributed by atoms with van der Waals surface area (Å²) in [5, 5.41) is 33.1. The maximum Gasteiger partial charge on any atom is 0.161 e. The molecule has 0 saturated heterocycles. The zero-order valence-corrected chi connectivity index (χ0v) is 10.3. The molecule has 0 aromatic heterocycles. The number of fused-ring (bicyclic) bond motifs is 1. The highest BCUT2D eigenvalue weighted by atomic mass is 16.3. The molecule has 0 spiro atoms. The quantitative estimate of drug-likeness (QED) is 0.601. The summed E-state index contributed by atoms with van der Waals surface area (Å²) in [5.74, 6) is -0.181. The van der Waals surface area contributed by atoms with Crippen molar-refractivity contribution >= 4 is 0 Å². The molecular weight excluding hydrogens is 230 g/mol. The van der Waals surface area contributed by atoms with Crippen LogP contribution in [0.15, 0.2) is 12.1 Å². The van der Waals surface area contributed by atoms with Gasteiger partial charge in [0.05, 0.1) is 6.10 Å². The van der Waals surface area contributed by atoms with Gasteiger partial charge in [0.2, 0.25) is 0 Å². The normalized spacial score (nSPS) is 27.6. The van der Waals surface area contributed by atoms with Gasteiger partial charge in [0, 0.05) is 17.6 Å². The molecular formula is C14H19NO3. The summed E-state index contributed by atoms with van der Waals surface area (Å²) < 4.78 is 0. The van der Waals surface area contributed by atoms with Crippen LogP contribution in [0.4, 0.5) is 0 Å². The molecule has 0 bridgehead atoms. The Kier molecular flexibility index (Phi) is 2.92. The predicted octanol–water partition coefficient (Wildman–Crippen LogP) is 1.59. The Labute approximate surface area is 106 Å². The van der Waals surface area contributed by atoms with Crippen molar-refractivity contribution in [3.63, 3.8) is 0 Å². The second-order valence-electron chi connectivity index (χ2n) is 5.39. The summed E-state index contributed by atoms with van der Waals surface area (Å²) in [7, 11) is 0. The van der Waals surface area contributed by atoms with Crippen molar-refractivity contribution in [1.29, 1.82) is 0 Å². The number of rotatable bonds is 2. The van der Waals surface area contributed by atoms with Gasteiger partial charge in [-0.2, -0.15) is 0 Å². The third kappa shape index (κ3) is 1.85. The van der Waals surface area contributed by atoms with E-state index in [-0.39, 0.29) is 17.5 Å². The lowest BCUT2D eigenvalue weighted by Crippen LogP contribution is -2.46. The zero-order valence-electron chi connectivity index (χ0n) is 10.3. The Hall–Kier alpha value is -1.26. The molecule has 1 aromatic carbocycles. The molecule has 2 atom stereocenters. The number of aromatic hydroxyl groups is 2. The minimum Gasteiger partial charge on any atom is -0.504 e. The molecule has 0 amide bonds. The summed E-state index contributed by atoms with van der Waals surface area (Å²) in [6.45, 7) is 0. The van der Waals surface area contributed by atoms with Crippen molar-refractivity contribution in [3.05, 3.63) is 23.3 Å². The van der Waals surface area contributed by atoms with Gasteiger partial charge in [-0.25, -0.2) is 0 Å². The fraction of sp³-hybridized carbons (Fsp3) is 0.571. The molecule has 18 heavy (non-hydrogen) atoms. The highest BCUT2D eigenvalue weighted by Gasteiger charge is 2.32. The van der Waals surface area contributed by atoms with Crippen LogP contribution in [-0.4, -0.2) is 27.4 Å². The van der Waals surface area contributed by atoms with E-state index in [1.165, 1.54) is 25.3 Å². The monoisotopic (exact) mass is 249 g/mol. The molecule has 0 radical (unpaired) electrons. The molecule has 98 valence electrons. The Balaban J connectivity index is 1.82. The number of benzene rings is 1. The minimum absolute atomic E-state index is 0.0618. The number of phenolic OH excluding ortho intramolecular Hbond substituents is 2. The number of phenols is 2. The van der Waals surface area contributed by atoms with E-state index in [0.29, 0.717) is 18.0 Å². The first kappa shape index (κ1) is 11.8. The second-order valence-corrected chi connectivity index (χ2v) is 5.39. The summed E-state index contributed by atoms with van der Waals surface area (Å²) >= 11 is 0. The maximum absolute atomic E-state index is 10.3. The van der Waals surface area contributed by atoms with Crippen LogP contribution in [0, 0.1) is 0 Å². The third-order valence-electron chi connectivity index (χ3n) is 4.26. The molecule has 3 rings (SSSR count). The van der Waals surface area contributed by atoms with Crippen molar-refractivity contribution in [1.82, 2.24) is 5.32 Å². The largest absolute Gasteiger partial charge is 0.504 e. The average molecular weight is 249 g/mol. The van der Waals surface area contributed by atoms with Crippen LogP contribution in [0.1, 0.15) is 42.9 Å². The molecule has 0 unspecified atom stereocenters. The van der Waals surface area contributed by atoms with Crippen LogP contribution in [0.2, 0.25) is 0 Å². The van der Waals surface area contributed by atoms with Crippen molar-refractivity contribution in [2.24, 2.45) is 0 Å². The van der Waals surface area contributed by atoms with Crippen LogP contribution in [0.3, 0.4) is 0 Å². The van der Waals surface area contributed by atoms with E-state index in [2.05, 4.69) is 5.32 Å². The summed E-state index contributed by atoms with van der Waals surface area (Å²) in [6.07, 6.45) is 4.54. The average Bonchev–Trinajstić information content (AvgIpc) is 2.31. The van der Waals surface area contributed by atoms with Gasteiger partial charge in [-0.05, 0) is 37.3 Å². The van der Waals surface area contributed by atoms with Crippen LogP contribution < -0.4 is 5.32 Å². The Morgan fingerprint density at radius 2 is 1.89 bits per heavy atom. The van der Waals surface area contributed by atoms with Crippen molar-refractivity contribution < 1.29 is 15.3 Å². The van der Waals surface area contributed by atoms with Crippen LogP contribution in [-0.2, 0) is 6.42 Å². The van der Waals surface area contributed by atoms with Gasteiger partial charge in [0.15, 0.2) is 11.5 Å². The number of nitrogens with one attached hydrogen (secondary N) is 1. The smallest absolute Gasteiger partial charge is 0.161 e. The van der Waals surface area contributed by atoms with E-state index in [9.17, 15) is 15.3 Å². The molecule has 0 heterocycles. The lowest BCUT2D eigenvalue weighted by atomic mass is 9.83. The van der Waals surface area contributed by atoms with Crippen molar-refractivity contribution in [3.8, 4) is 11.5 Å². The van der Waals surface area contributed by atoms with Crippen LogP contribution in [0.5, 0.6) is 11.5 Å². The fourth-order valence-corrected chi connectivity index (χ4v) is 2.91. The van der Waals surface area contributed by atoms with Crippen LogP contribution >= 0.6 is 0 Å². The van der Waals surface area contributed by atoms with Gasteiger partial charge in [-0.1, -0.05) is 12.5 Å². The van der Waals surface area contributed by atoms with E-state index in [1.54, 1.807) is 6.07 Å². The molecule has 1 saturated carbocycles. The van der Waals surface area contributed by atoms with Gasteiger partial charge in [0.1, 0.15) is 0 Å². The van der Waals surface area contributed by atoms with E-state index >= 15 is 0 Å². The summed E-state index contributed by atoms with van der Waals surface area (Å²) in [4.78, 5) is 0. The fourth-order valence-electron chi connectivity index (χ4n) is 2.91. The van der Waals surface area contributed by atoms with E-state index in [0.717, 1.165) is 12.0 Å². The highest BCUT2D eigenvalue weighted by molar-refractivity contribution is 5.51. The molecule has 2 aliphatic rings. The molecule has 4 heteroatoms. The van der Waals surface area contributed by atoms with Gasteiger partial charge < -0.3 is 20.6 Å². The SMILES string of the molecule is Oc1ccc2c(c1O)CC[C@@H](NC1CCC1)[C@H]2O. The predicted molar refractivity (Wildman–Crippen MR) is 67.6 cm³/mol. The van der Waals surface area contributed by atoms with Crippen LogP contribution in [0.25, 0.3) is 0 Å². The lowest BCUT2D eigenvalue weighted by molar-refractivity contribution is 0.0984. The van der Waals surface area contributed by atoms with E-state index in [1.807, 2.05) is 0 Å². The molecule has 1 fully saturated rings. The first-order chi connectivity index (χ1) is 8.66. The lowest BCUT2D eigenvalue weighted by Gasteiger charge is -2.37. The Morgan fingerprint density at radius 3 is 2.56 bits per heavy atom. The topological polar surface area (TPSA) is 72.7 Å². The van der Waals surface area contributed by atoms with Gasteiger partial charge in [-0.15, -0.1) is 0 Å². The Bertz CT molecular complexity index is 457. The maximum atomic E-state index is 10.3. The minimum atomic E-state index is -0.596. The second kappa shape index (κ2) is 4.44. The highest BCUT2D eigenvalue weighted by Crippen LogP contribution is 2.40. The summed E-state index contributed by atoms with van der Waals surface area (Å²) in [5.41, 5.74) is 1.43. The molecule has 4 nitrogen and oxygen atoms in total. The standard InChI is InChI=1S/C14H19NO3/c16-12-7-5-9-10(14(12)18)4-6-11(13(9)17)15-8-2-1-3-8/h5,7-8,11,13,15-18H,1-4,6H2/t11-,13+/m1/s1.